The Morgan fingerprint density at radius 3 is 2.67 bits per heavy atom. The van der Waals surface area contributed by atoms with E-state index in [0.29, 0.717) is 25.2 Å². The van der Waals surface area contributed by atoms with Crippen LogP contribution < -0.4 is 0 Å². The number of methoxy groups -OCH3 is 2. The predicted molar refractivity (Wildman–Crippen MR) is 92.1 cm³/mol. The average Bonchev–Trinajstić information content (AvgIpc) is 2.59. The topological polar surface area (TPSA) is 65.0 Å². The molecule has 1 N–H and O–H groups in total. The zero-order valence-electron chi connectivity index (χ0n) is 15.1. The Morgan fingerprint density at radius 2 is 2.04 bits per heavy atom. The predicted octanol–water partition coefficient (Wildman–Crippen LogP) is 3.49. The summed E-state index contributed by atoms with van der Waals surface area (Å²) in [4.78, 5) is 11.9. The van der Waals surface area contributed by atoms with Gasteiger partial charge in [0.25, 0.3) is 0 Å². The first-order chi connectivity index (χ1) is 11.6. The average molecular weight is 338 g/mol. The van der Waals surface area contributed by atoms with Gasteiger partial charge in [-0.2, -0.15) is 0 Å². The molecule has 5 nitrogen and oxygen atoms in total. The Kier molecular flexibility index (Phi) is 7.02. The molecule has 2 unspecified atom stereocenters. The van der Waals surface area contributed by atoms with Crippen LogP contribution in [0.3, 0.4) is 0 Å². The highest BCUT2D eigenvalue weighted by atomic mass is 16.5. The molecular formula is C19H30O5. The first kappa shape index (κ1) is 19.2. The second kappa shape index (κ2) is 8.79. The van der Waals surface area contributed by atoms with Gasteiger partial charge in [0, 0.05) is 32.8 Å². The first-order valence-corrected chi connectivity index (χ1v) is 8.91. The highest BCUT2D eigenvalue weighted by Crippen LogP contribution is 2.43. The maximum Gasteiger partial charge on any atom is 0.331 e. The van der Waals surface area contributed by atoms with Crippen LogP contribution >= 0.6 is 0 Å². The fraction of sp³-hybridized carbons (Fsp3) is 0.737. The van der Waals surface area contributed by atoms with Crippen molar-refractivity contribution in [3.63, 3.8) is 0 Å². The summed E-state index contributed by atoms with van der Waals surface area (Å²) in [5, 5.41) is 9.74. The third-order valence-electron chi connectivity index (χ3n) is 5.07. The number of rotatable bonds is 9. The lowest BCUT2D eigenvalue weighted by Gasteiger charge is -2.42. The second-order valence-electron chi connectivity index (χ2n) is 6.60. The molecule has 0 radical (unpaired) electrons. The molecule has 0 aromatic carbocycles. The largest absolute Gasteiger partial charge is 0.478 e. The van der Waals surface area contributed by atoms with Crippen LogP contribution in [0.1, 0.15) is 51.9 Å². The number of hydrogen-bond acceptors (Lipinski definition) is 4. The quantitative estimate of drug-likeness (QED) is 0.652. The lowest BCUT2D eigenvalue weighted by atomic mass is 9.73. The van der Waals surface area contributed by atoms with E-state index in [-0.39, 0.29) is 6.10 Å². The fourth-order valence-electron chi connectivity index (χ4n) is 3.94. The van der Waals surface area contributed by atoms with Gasteiger partial charge in [0.1, 0.15) is 5.60 Å². The Bertz CT molecular complexity index is 504. The number of allylic oxidation sites excluding steroid dienone is 2. The van der Waals surface area contributed by atoms with Crippen LogP contribution in [0.15, 0.2) is 22.8 Å². The Labute approximate surface area is 144 Å². The molecule has 0 aromatic heterocycles. The number of ether oxygens (including phenoxy) is 3. The van der Waals surface area contributed by atoms with E-state index in [9.17, 15) is 9.90 Å². The maximum absolute atomic E-state index is 11.9. The monoisotopic (exact) mass is 338 g/mol. The zero-order chi connectivity index (χ0) is 17.6. The molecular weight excluding hydrogens is 308 g/mol. The van der Waals surface area contributed by atoms with Crippen molar-refractivity contribution in [1.29, 1.82) is 0 Å². The number of aliphatic carboxylic acids is 1. The van der Waals surface area contributed by atoms with Crippen molar-refractivity contribution in [3.05, 3.63) is 22.8 Å². The van der Waals surface area contributed by atoms with E-state index < -0.39 is 11.6 Å². The molecule has 1 saturated carbocycles. The van der Waals surface area contributed by atoms with Gasteiger partial charge in [-0.1, -0.05) is 6.92 Å². The van der Waals surface area contributed by atoms with Gasteiger partial charge in [-0.3, -0.25) is 0 Å². The van der Waals surface area contributed by atoms with Gasteiger partial charge < -0.3 is 19.3 Å². The normalized spacial score (nSPS) is 25.2. The van der Waals surface area contributed by atoms with Crippen LogP contribution in [-0.4, -0.2) is 50.2 Å². The van der Waals surface area contributed by atoms with Crippen LogP contribution in [0.2, 0.25) is 0 Å². The lowest BCUT2D eigenvalue weighted by molar-refractivity contribution is -0.136. The van der Waals surface area contributed by atoms with Crippen LogP contribution in [0.4, 0.5) is 0 Å². The van der Waals surface area contributed by atoms with E-state index in [1.807, 2.05) is 6.92 Å². The second-order valence-corrected chi connectivity index (χ2v) is 6.60. The van der Waals surface area contributed by atoms with Crippen molar-refractivity contribution < 1.29 is 24.1 Å². The van der Waals surface area contributed by atoms with Gasteiger partial charge in [0.05, 0.1) is 12.7 Å². The highest BCUT2D eigenvalue weighted by Gasteiger charge is 2.44. The minimum atomic E-state index is -0.826. The summed E-state index contributed by atoms with van der Waals surface area (Å²) in [5.41, 5.74) is 1.98. The molecule has 0 aromatic rings. The summed E-state index contributed by atoms with van der Waals surface area (Å²) < 4.78 is 17.1. The summed E-state index contributed by atoms with van der Waals surface area (Å²) in [6.07, 6.45) is 7.88. The molecule has 1 fully saturated rings. The molecule has 2 aliphatic carbocycles. The third kappa shape index (κ3) is 4.08. The van der Waals surface area contributed by atoms with Crippen molar-refractivity contribution in [2.75, 3.05) is 27.4 Å². The number of fused-ring (bicyclic) bond motifs is 1. The first-order valence-electron chi connectivity index (χ1n) is 8.91. The summed E-state index contributed by atoms with van der Waals surface area (Å²) in [5.74, 6) is -0.826. The number of carboxylic acid groups (broad SMARTS) is 1. The van der Waals surface area contributed by atoms with Crippen molar-refractivity contribution in [2.24, 2.45) is 0 Å². The zero-order valence-corrected chi connectivity index (χ0v) is 15.1. The fourth-order valence-corrected chi connectivity index (χ4v) is 3.94. The van der Waals surface area contributed by atoms with E-state index in [1.165, 1.54) is 0 Å². The van der Waals surface area contributed by atoms with Crippen LogP contribution in [0.25, 0.3) is 0 Å². The number of carboxylic acids is 1. The van der Waals surface area contributed by atoms with Gasteiger partial charge >= 0.3 is 5.97 Å². The Hall–Kier alpha value is -1.17. The van der Waals surface area contributed by atoms with Gasteiger partial charge in [-0.25, -0.2) is 4.79 Å². The highest BCUT2D eigenvalue weighted by molar-refractivity contribution is 5.89. The molecule has 2 aliphatic rings. The van der Waals surface area contributed by atoms with Crippen LogP contribution in [0.5, 0.6) is 0 Å². The third-order valence-corrected chi connectivity index (χ3v) is 5.07. The van der Waals surface area contributed by atoms with Gasteiger partial charge in [-0.05, 0) is 55.7 Å². The van der Waals surface area contributed by atoms with Crippen LogP contribution in [0, 0.1) is 0 Å². The lowest BCUT2D eigenvalue weighted by Crippen LogP contribution is -2.47. The summed E-state index contributed by atoms with van der Waals surface area (Å²) in [6.45, 7) is 3.20. The summed E-state index contributed by atoms with van der Waals surface area (Å²) in [7, 11) is 3.34. The molecule has 0 spiro atoms. The number of carbonyl (C=O) groups is 1. The SMILES string of the molecule is CCC(OC)C1(OCCCOC)C=C2CCCCC2=C(C(=O)O)C1. The molecule has 0 aliphatic heterocycles. The van der Waals surface area contributed by atoms with Gasteiger partial charge in [0.2, 0.25) is 0 Å². The molecule has 136 valence electrons. The van der Waals surface area contributed by atoms with Crippen molar-refractivity contribution in [1.82, 2.24) is 0 Å². The minimum absolute atomic E-state index is 0.162. The standard InChI is InChI=1S/C19H30O5/c1-4-17(23-3)19(24-11-7-10-22-2)12-14-8-5-6-9-15(14)16(13-19)18(20)21/h12,17H,4-11,13H2,1-3H3,(H,20,21). The smallest absolute Gasteiger partial charge is 0.331 e. The van der Waals surface area contributed by atoms with E-state index in [0.717, 1.165) is 49.7 Å². The molecule has 2 atom stereocenters. The summed E-state index contributed by atoms with van der Waals surface area (Å²) >= 11 is 0. The summed E-state index contributed by atoms with van der Waals surface area (Å²) in [6, 6.07) is 0. The van der Waals surface area contributed by atoms with E-state index in [4.69, 9.17) is 14.2 Å². The van der Waals surface area contributed by atoms with E-state index in [2.05, 4.69) is 6.08 Å². The molecule has 24 heavy (non-hydrogen) atoms. The molecule has 0 amide bonds. The maximum atomic E-state index is 11.9. The van der Waals surface area contributed by atoms with Gasteiger partial charge in [0.15, 0.2) is 0 Å². The Morgan fingerprint density at radius 1 is 1.29 bits per heavy atom. The molecule has 0 heterocycles. The Balaban J connectivity index is 2.34. The molecule has 0 saturated heterocycles. The van der Waals surface area contributed by atoms with E-state index in [1.54, 1.807) is 14.2 Å². The molecule has 2 rings (SSSR count). The van der Waals surface area contributed by atoms with Gasteiger partial charge in [-0.15, -0.1) is 0 Å². The minimum Gasteiger partial charge on any atom is -0.478 e. The molecule has 5 heteroatoms. The number of hydrogen-bond donors (Lipinski definition) is 1. The van der Waals surface area contributed by atoms with Crippen molar-refractivity contribution >= 4 is 5.97 Å². The molecule has 0 bridgehead atoms. The van der Waals surface area contributed by atoms with Crippen molar-refractivity contribution in [3.8, 4) is 0 Å². The van der Waals surface area contributed by atoms with Crippen LogP contribution in [-0.2, 0) is 19.0 Å². The van der Waals surface area contributed by atoms with E-state index >= 15 is 0 Å². The van der Waals surface area contributed by atoms with Crippen molar-refractivity contribution in [2.45, 2.75) is 63.6 Å².